The predicted octanol–water partition coefficient (Wildman–Crippen LogP) is 1.30. The average Bonchev–Trinajstić information content (AvgIpc) is 2.56. The number of nitrogens with one attached hydrogen (secondary N) is 1. The fraction of sp³-hybridized carbons (Fsp3) is 1.00. The molecule has 0 spiro atoms. The van der Waals surface area contributed by atoms with Crippen LogP contribution in [-0.4, -0.2) is 36.5 Å². The molecule has 1 saturated heterocycles. The highest BCUT2D eigenvalue weighted by Crippen LogP contribution is 2.17. The van der Waals surface area contributed by atoms with Crippen molar-refractivity contribution >= 4 is 0 Å². The Labute approximate surface area is 86.8 Å². The molecule has 3 heteroatoms. The van der Waals surface area contributed by atoms with Crippen LogP contribution in [0.3, 0.4) is 0 Å². The third kappa shape index (κ3) is 4.40. The van der Waals surface area contributed by atoms with Crippen molar-refractivity contribution in [2.45, 2.75) is 57.7 Å². The van der Waals surface area contributed by atoms with Crippen LogP contribution in [0.15, 0.2) is 0 Å². The Bertz CT molecular complexity index is 146. The van der Waals surface area contributed by atoms with Gasteiger partial charge in [0.15, 0.2) is 0 Å². The fourth-order valence-electron chi connectivity index (χ4n) is 2.06. The smallest absolute Gasteiger partial charge is 0.0590 e. The minimum absolute atomic E-state index is 0.265. The van der Waals surface area contributed by atoms with E-state index in [1.165, 1.54) is 12.8 Å². The summed E-state index contributed by atoms with van der Waals surface area (Å²) in [6, 6.07) is 0.885. The second-order valence-electron chi connectivity index (χ2n) is 4.35. The van der Waals surface area contributed by atoms with Crippen LogP contribution in [0.25, 0.3) is 0 Å². The molecular weight excluding hydrogens is 178 g/mol. The molecule has 1 aliphatic heterocycles. The first-order chi connectivity index (χ1) is 6.72. The van der Waals surface area contributed by atoms with Crippen LogP contribution in [0.4, 0.5) is 0 Å². The summed E-state index contributed by atoms with van der Waals surface area (Å²) in [4.78, 5) is 0. The van der Waals surface area contributed by atoms with E-state index in [-0.39, 0.29) is 6.61 Å². The van der Waals surface area contributed by atoms with Crippen LogP contribution in [0.2, 0.25) is 0 Å². The van der Waals surface area contributed by atoms with Gasteiger partial charge >= 0.3 is 0 Å². The van der Waals surface area contributed by atoms with Gasteiger partial charge in [-0.2, -0.15) is 0 Å². The van der Waals surface area contributed by atoms with E-state index in [1.54, 1.807) is 0 Å². The molecule has 14 heavy (non-hydrogen) atoms. The van der Waals surface area contributed by atoms with E-state index in [0.717, 1.165) is 19.4 Å². The SMILES string of the molecule is CC(CCO)NC(C)CC1CCCO1. The van der Waals surface area contributed by atoms with Gasteiger partial charge in [0.1, 0.15) is 0 Å². The Morgan fingerprint density at radius 3 is 2.79 bits per heavy atom. The van der Waals surface area contributed by atoms with Gasteiger partial charge in [-0.1, -0.05) is 0 Å². The minimum atomic E-state index is 0.265. The number of rotatable bonds is 6. The maximum Gasteiger partial charge on any atom is 0.0590 e. The van der Waals surface area contributed by atoms with Gasteiger partial charge in [0.2, 0.25) is 0 Å². The topological polar surface area (TPSA) is 41.5 Å². The Morgan fingerprint density at radius 2 is 2.21 bits per heavy atom. The molecular formula is C11H23NO2. The number of hydrogen-bond donors (Lipinski definition) is 2. The van der Waals surface area contributed by atoms with Crippen LogP contribution >= 0.6 is 0 Å². The summed E-state index contributed by atoms with van der Waals surface area (Å²) in [6.45, 7) is 5.50. The minimum Gasteiger partial charge on any atom is -0.396 e. The summed E-state index contributed by atoms with van der Waals surface area (Å²) >= 11 is 0. The van der Waals surface area contributed by atoms with Gasteiger partial charge in [-0.05, 0) is 39.5 Å². The lowest BCUT2D eigenvalue weighted by molar-refractivity contribution is 0.0947. The van der Waals surface area contributed by atoms with Crippen LogP contribution in [-0.2, 0) is 4.74 Å². The highest BCUT2D eigenvalue weighted by Gasteiger charge is 2.18. The first-order valence-corrected chi connectivity index (χ1v) is 5.71. The normalized spacial score (nSPS) is 26.4. The molecule has 0 aromatic rings. The van der Waals surface area contributed by atoms with Gasteiger partial charge in [0, 0.05) is 25.3 Å². The molecule has 0 aliphatic carbocycles. The molecule has 84 valence electrons. The van der Waals surface area contributed by atoms with Crippen molar-refractivity contribution in [3.05, 3.63) is 0 Å². The van der Waals surface area contributed by atoms with Gasteiger partial charge in [-0.25, -0.2) is 0 Å². The summed E-state index contributed by atoms with van der Waals surface area (Å²) in [5, 5.41) is 12.2. The molecule has 2 N–H and O–H groups in total. The fourth-order valence-corrected chi connectivity index (χ4v) is 2.06. The Balaban J connectivity index is 2.10. The molecule has 0 radical (unpaired) electrons. The molecule has 0 bridgehead atoms. The lowest BCUT2D eigenvalue weighted by Gasteiger charge is -2.21. The Kier molecular flexibility index (Phi) is 5.45. The summed E-state index contributed by atoms with van der Waals surface area (Å²) in [5.74, 6) is 0. The van der Waals surface area contributed by atoms with E-state index >= 15 is 0 Å². The molecule has 1 fully saturated rings. The molecule has 3 unspecified atom stereocenters. The maximum absolute atomic E-state index is 8.77. The zero-order chi connectivity index (χ0) is 10.4. The van der Waals surface area contributed by atoms with Crippen molar-refractivity contribution in [1.82, 2.24) is 5.32 Å². The molecule has 0 amide bonds. The van der Waals surface area contributed by atoms with E-state index < -0.39 is 0 Å². The van der Waals surface area contributed by atoms with Crippen molar-refractivity contribution in [3.8, 4) is 0 Å². The second kappa shape index (κ2) is 6.38. The van der Waals surface area contributed by atoms with Gasteiger partial charge in [0.05, 0.1) is 6.10 Å². The molecule has 3 nitrogen and oxygen atoms in total. The molecule has 0 aromatic carbocycles. The third-order valence-electron chi connectivity index (χ3n) is 2.77. The van der Waals surface area contributed by atoms with Gasteiger partial charge in [-0.3, -0.25) is 0 Å². The summed E-state index contributed by atoms with van der Waals surface area (Å²) in [7, 11) is 0. The third-order valence-corrected chi connectivity index (χ3v) is 2.77. The first-order valence-electron chi connectivity index (χ1n) is 5.71. The monoisotopic (exact) mass is 201 g/mol. The molecule has 0 aromatic heterocycles. The Hall–Kier alpha value is -0.120. The van der Waals surface area contributed by atoms with Crippen molar-refractivity contribution in [2.24, 2.45) is 0 Å². The molecule has 3 atom stereocenters. The van der Waals surface area contributed by atoms with E-state index in [4.69, 9.17) is 9.84 Å². The maximum atomic E-state index is 8.77. The zero-order valence-electron chi connectivity index (χ0n) is 9.33. The average molecular weight is 201 g/mol. The summed E-state index contributed by atoms with van der Waals surface area (Å²) < 4.78 is 5.58. The number of ether oxygens (including phenoxy) is 1. The van der Waals surface area contributed by atoms with Crippen molar-refractivity contribution < 1.29 is 9.84 Å². The van der Waals surface area contributed by atoms with Crippen molar-refractivity contribution in [2.75, 3.05) is 13.2 Å². The molecule has 1 aliphatic rings. The number of hydrogen-bond acceptors (Lipinski definition) is 3. The Morgan fingerprint density at radius 1 is 1.43 bits per heavy atom. The highest BCUT2D eigenvalue weighted by atomic mass is 16.5. The second-order valence-corrected chi connectivity index (χ2v) is 4.35. The standard InChI is InChI=1S/C11H23NO2/c1-9(5-6-13)12-10(2)8-11-4-3-7-14-11/h9-13H,3-8H2,1-2H3. The van der Waals surface area contributed by atoms with E-state index in [2.05, 4.69) is 19.2 Å². The van der Waals surface area contributed by atoms with Crippen LogP contribution < -0.4 is 5.32 Å². The summed E-state index contributed by atoms with van der Waals surface area (Å²) in [6.07, 6.45) is 4.80. The van der Waals surface area contributed by atoms with Crippen LogP contribution in [0, 0.1) is 0 Å². The lowest BCUT2D eigenvalue weighted by Crippen LogP contribution is -2.37. The van der Waals surface area contributed by atoms with Crippen molar-refractivity contribution in [3.63, 3.8) is 0 Å². The summed E-state index contributed by atoms with van der Waals surface area (Å²) in [5.41, 5.74) is 0. The zero-order valence-corrected chi connectivity index (χ0v) is 9.33. The predicted molar refractivity (Wildman–Crippen MR) is 57.4 cm³/mol. The molecule has 1 heterocycles. The highest BCUT2D eigenvalue weighted by molar-refractivity contribution is 4.74. The lowest BCUT2D eigenvalue weighted by atomic mass is 10.1. The number of aliphatic hydroxyl groups is 1. The van der Waals surface area contributed by atoms with E-state index in [1.807, 2.05) is 0 Å². The first kappa shape index (κ1) is 12.0. The van der Waals surface area contributed by atoms with E-state index in [9.17, 15) is 0 Å². The molecule has 0 saturated carbocycles. The van der Waals surface area contributed by atoms with Gasteiger partial charge in [-0.15, -0.1) is 0 Å². The molecule has 1 rings (SSSR count). The largest absolute Gasteiger partial charge is 0.396 e. The van der Waals surface area contributed by atoms with Crippen LogP contribution in [0.5, 0.6) is 0 Å². The van der Waals surface area contributed by atoms with Crippen LogP contribution in [0.1, 0.15) is 39.5 Å². The van der Waals surface area contributed by atoms with E-state index in [0.29, 0.717) is 18.2 Å². The van der Waals surface area contributed by atoms with Crippen molar-refractivity contribution in [1.29, 1.82) is 0 Å². The van der Waals surface area contributed by atoms with Gasteiger partial charge < -0.3 is 15.2 Å². The quantitative estimate of drug-likeness (QED) is 0.680. The number of aliphatic hydroxyl groups excluding tert-OH is 1. The van der Waals surface area contributed by atoms with Gasteiger partial charge in [0.25, 0.3) is 0 Å².